The first-order valence-corrected chi connectivity index (χ1v) is 7.29. The van der Waals surface area contributed by atoms with Crippen LogP contribution in [0.1, 0.15) is 34.0 Å². The molecule has 21 heavy (non-hydrogen) atoms. The van der Waals surface area contributed by atoms with Crippen LogP contribution >= 0.6 is 11.3 Å². The van der Waals surface area contributed by atoms with Crippen molar-refractivity contribution < 1.29 is 13.6 Å². The fourth-order valence-corrected chi connectivity index (χ4v) is 2.64. The van der Waals surface area contributed by atoms with Crippen molar-refractivity contribution in [1.29, 1.82) is 0 Å². The van der Waals surface area contributed by atoms with Gasteiger partial charge in [-0.2, -0.15) is 0 Å². The molecule has 7 heteroatoms. The van der Waals surface area contributed by atoms with E-state index in [0.29, 0.717) is 13.0 Å². The summed E-state index contributed by atoms with van der Waals surface area (Å²) in [5.74, 6) is -1.54. The number of nitrogens with zero attached hydrogens (tertiary/aromatic N) is 1. The van der Waals surface area contributed by atoms with Gasteiger partial charge in [-0.1, -0.05) is 0 Å². The van der Waals surface area contributed by atoms with Crippen LogP contribution in [0.2, 0.25) is 0 Å². The van der Waals surface area contributed by atoms with Gasteiger partial charge in [0.25, 0.3) is 5.91 Å². The molecule has 0 saturated carbocycles. The highest BCUT2D eigenvalue weighted by Crippen LogP contribution is 2.19. The SMILES string of the molecule is CC(NC(=O)c1csc(CCN)n1)c1cc(F)ccc1F. The predicted molar refractivity (Wildman–Crippen MR) is 77.1 cm³/mol. The van der Waals surface area contributed by atoms with E-state index in [-0.39, 0.29) is 11.3 Å². The minimum absolute atomic E-state index is 0.0979. The number of nitrogens with one attached hydrogen (secondary N) is 1. The van der Waals surface area contributed by atoms with Gasteiger partial charge in [0.05, 0.1) is 11.0 Å². The molecule has 4 nitrogen and oxygen atoms in total. The number of rotatable bonds is 5. The van der Waals surface area contributed by atoms with Gasteiger partial charge in [-0.05, 0) is 31.7 Å². The first kappa shape index (κ1) is 15.5. The lowest BCUT2D eigenvalue weighted by molar-refractivity contribution is 0.0934. The van der Waals surface area contributed by atoms with Crippen LogP contribution in [-0.2, 0) is 6.42 Å². The molecule has 0 aliphatic carbocycles. The van der Waals surface area contributed by atoms with E-state index in [1.807, 2.05) is 0 Å². The van der Waals surface area contributed by atoms with Gasteiger partial charge in [-0.15, -0.1) is 11.3 Å². The molecule has 0 radical (unpaired) electrons. The Morgan fingerprint density at radius 1 is 1.48 bits per heavy atom. The summed E-state index contributed by atoms with van der Waals surface area (Å²) in [6.45, 7) is 2.04. The summed E-state index contributed by atoms with van der Waals surface area (Å²) >= 11 is 1.34. The average Bonchev–Trinajstić information content (AvgIpc) is 2.90. The molecule has 2 aromatic rings. The maximum atomic E-state index is 13.6. The van der Waals surface area contributed by atoms with Gasteiger partial charge in [0.1, 0.15) is 17.3 Å². The first-order valence-electron chi connectivity index (χ1n) is 6.41. The van der Waals surface area contributed by atoms with Crippen molar-refractivity contribution in [3.63, 3.8) is 0 Å². The van der Waals surface area contributed by atoms with E-state index in [0.717, 1.165) is 23.2 Å². The maximum Gasteiger partial charge on any atom is 0.271 e. The molecule has 1 aromatic carbocycles. The lowest BCUT2D eigenvalue weighted by Gasteiger charge is -2.14. The van der Waals surface area contributed by atoms with Crippen molar-refractivity contribution in [3.05, 3.63) is 51.5 Å². The standard InChI is InChI=1S/C14H15F2N3OS/c1-8(10-6-9(15)2-3-11(10)16)18-14(20)12-7-21-13(19-12)4-5-17/h2-3,6-8H,4-5,17H2,1H3,(H,18,20). The van der Waals surface area contributed by atoms with Crippen LogP contribution in [0.25, 0.3) is 0 Å². The van der Waals surface area contributed by atoms with Gasteiger partial charge >= 0.3 is 0 Å². The number of aromatic nitrogens is 1. The molecule has 2 rings (SSSR count). The zero-order chi connectivity index (χ0) is 15.4. The number of hydrogen-bond donors (Lipinski definition) is 2. The van der Waals surface area contributed by atoms with Gasteiger partial charge < -0.3 is 11.1 Å². The largest absolute Gasteiger partial charge is 0.344 e. The minimum Gasteiger partial charge on any atom is -0.344 e. The number of hydrogen-bond acceptors (Lipinski definition) is 4. The molecule has 1 aromatic heterocycles. The number of nitrogens with two attached hydrogens (primary N) is 1. The number of benzene rings is 1. The van der Waals surface area contributed by atoms with E-state index >= 15 is 0 Å². The fourth-order valence-electron chi connectivity index (χ4n) is 1.85. The van der Waals surface area contributed by atoms with E-state index in [1.165, 1.54) is 11.3 Å². The van der Waals surface area contributed by atoms with Crippen molar-refractivity contribution in [1.82, 2.24) is 10.3 Å². The molecule has 0 spiro atoms. The number of carbonyl (C=O) groups excluding carboxylic acids is 1. The third kappa shape index (κ3) is 3.83. The van der Waals surface area contributed by atoms with E-state index in [1.54, 1.807) is 12.3 Å². The van der Waals surface area contributed by atoms with E-state index in [2.05, 4.69) is 10.3 Å². The smallest absolute Gasteiger partial charge is 0.271 e. The number of thiazole rings is 1. The summed E-state index contributed by atoms with van der Waals surface area (Å²) in [5.41, 5.74) is 5.78. The lowest BCUT2D eigenvalue weighted by atomic mass is 10.1. The molecule has 112 valence electrons. The van der Waals surface area contributed by atoms with Crippen LogP contribution in [0.5, 0.6) is 0 Å². The van der Waals surface area contributed by atoms with E-state index in [9.17, 15) is 13.6 Å². The lowest BCUT2D eigenvalue weighted by Crippen LogP contribution is -2.27. The molecule has 1 heterocycles. The Balaban J connectivity index is 2.09. The monoisotopic (exact) mass is 311 g/mol. The Bertz CT molecular complexity index is 645. The molecule has 0 saturated heterocycles. The molecule has 0 aliphatic heterocycles. The molecule has 3 N–H and O–H groups in total. The van der Waals surface area contributed by atoms with Crippen molar-refractivity contribution in [2.24, 2.45) is 5.73 Å². The summed E-state index contributed by atoms with van der Waals surface area (Å²) in [6, 6.07) is 2.48. The van der Waals surface area contributed by atoms with Crippen LogP contribution in [0.15, 0.2) is 23.6 Å². The summed E-state index contributed by atoms with van der Waals surface area (Å²) in [7, 11) is 0. The highest BCUT2D eigenvalue weighted by molar-refractivity contribution is 7.09. The van der Waals surface area contributed by atoms with Gasteiger partial charge in [0.2, 0.25) is 0 Å². The van der Waals surface area contributed by atoms with Crippen molar-refractivity contribution in [2.45, 2.75) is 19.4 Å². The van der Waals surface area contributed by atoms with Gasteiger partial charge in [0.15, 0.2) is 0 Å². The number of amides is 1. The molecular weight excluding hydrogens is 296 g/mol. The first-order chi connectivity index (χ1) is 10.0. The van der Waals surface area contributed by atoms with Crippen molar-refractivity contribution >= 4 is 17.2 Å². The van der Waals surface area contributed by atoms with E-state index in [4.69, 9.17) is 5.73 Å². The molecule has 1 amide bonds. The van der Waals surface area contributed by atoms with Crippen LogP contribution in [0, 0.1) is 11.6 Å². The van der Waals surface area contributed by atoms with Gasteiger partial charge in [-0.25, -0.2) is 13.8 Å². The van der Waals surface area contributed by atoms with Crippen LogP contribution in [0.3, 0.4) is 0 Å². The molecule has 0 fully saturated rings. The second-order valence-electron chi connectivity index (χ2n) is 4.53. The highest BCUT2D eigenvalue weighted by atomic mass is 32.1. The third-order valence-corrected chi connectivity index (χ3v) is 3.82. The normalized spacial score (nSPS) is 12.2. The van der Waals surface area contributed by atoms with Crippen LogP contribution in [0.4, 0.5) is 8.78 Å². The second-order valence-corrected chi connectivity index (χ2v) is 5.47. The Morgan fingerprint density at radius 3 is 2.95 bits per heavy atom. The van der Waals surface area contributed by atoms with Crippen molar-refractivity contribution in [3.8, 4) is 0 Å². The zero-order valence-electron chi connectivity index (χ0n) is 11.4. The summed E-state index contributed by atoms with van der Waals surface area (Å²) in [6.07, 6.45) is 0.603. The second kappa shape index (κ2) is 6.73. The summed E-state index contributed by atoms with van der Waals surface area (Å²) < 4.78 is 26.8. The number of carbonyl (C=O) groups is 1. The minimum atomic E-state index is -0.659. The number of halogens is 2. The van der Waals surface area contributed by atoms with Crippen molar-refractivity contribution in [2.75, 3.05) is 6.54 Å². The van der Waals surface area contributed by atoms with Gasteiger partial charge in [-0.3, -0.25) is 4.79 Å². The molecule has 1 unspecified atom stereocenters. The summed E-state index contributed by atoms with van der Waals surface area (Å²) in [4.78, 5) is 16.2. The molecule has 0 bridgehead atoms. The average molecular weight is 311 g/mol. The Labute approximate surface area is 125 Å². The van der Waals surface area contributed by atoms with Crippen LogP contribution in [-0.4, -0.2) is 17.4 Å². The quantitative estimate of drug-likeness (QED) is 0.891. The Kier molecular flexibility index (Phi) is 4.98. The Hall–Kier alpha value is -1.86. The maximum absolute atomic E-state index is 13.6. The third-order valence-electron chi connectivity index (χ3n) is 2.91. The van der Waals surface area contributed by atoms with Crippen LogP contribution < -0.4 is 11.1 Å². The van der Waals surface area contributed by atoms with Gasteiger partial charge in [0, 0.05) is 17.4 Å². The van der Waals surface area contributed by atoms with E-state index < -0.39 is 23.6 Å². The molecule has 0 aliphatic rings. The summed E-state index contributed by atoms with van der Waals surface area (Å²) in [5, 5.41) is 4.99. The topological polar surface area (TPSA) is 68.0 Å². The zero-order valence-corrected chi connectivity index (χ0v) is 12.2. The Morgan fingerprint density at radius 2 is 2.24 bits per heavy atom. The predicted octanol–water partition coefficient (Wildman–Crippen LogP) is 2.41. The molecule has 1 atom stereocenters. The fraction of sp³-hybridized carbons (Fsp3) is 0.286. The molecular formula is C14H15F2N3OS. The highest BCUT2D eigenvalue weighted by Gasteiger charge is 2.17.